The molecule has 0 unspecified atom stereocenters. The first kappa shape index (κ1) is 17.0. The Balaban J connectivity index is 1.92. The van der Waals surface area contributed by atoms with Crippen LogP contribution in [-0.2, 0) is 11.3 Å². The predicted octanol–water partition coefficient (Wildman–Crippen LogP) is 3.81. The van der Waals surface area contributed by atoms with Crippen molar-refractivity contribution in [3.63, 3.8) is 0 Å². The van der Waals surface area contributed by atoms with Crippen molar-refractivity contribution in [2.45, 2.75) is 32.9 Å². The molecule has 0 bridgehead atoms. The second kappa shape index (κ2) is 7.28. The number of rotatable bonds is 4. The molecule has 0 spiro atoms. The van der Waals surface area contributed by atoms with E-state index in [9.17, 15) is 4.79 Å². The second-order valence-corrected chi connectivity index (χ2v) is 6.94. The van der Waals surface area contributed by atoms with Crippen molar-refractivity contribution in [1.29, 1.82) is 0 Å². The summed E-state index contributed by atoms with van der Waals surface area (Å²) in [6, 6.07) is 11.4. The molecule has 0 fully saturated rings. The molecule has 5 nitrogen and oxygen atoms in total. The second-order valence-electron chi connectivity index (χ2n) is 6.00. The van der Waals surface area contributed by atoms with Crippen LogP contribution in [0.15, 0.2) is 46.8 Å². The van der Waals surface area contributed by atoms with Gasteiger partial charge in [-0.25, -0.2) is 9.79 Å². The summed E-state index contributed by atoms with van der Waals surface area (Å²) in [6.45, 7) is 5.89. The van der Waals surface area contributed by atoms with Gasteiger partial charge in [-0.1, -0.05) is 18.2 Å². The van der Waals surface area contributed by atoms with Gasteiger partial charge in [-0.05, 0) is 49.9 Å². The SMILES string of the molecule is CC(C)(C)OC(=O)NCc1ccc(N=C(N)c2cccs2)cc1. The number of alkyl carbamates (subject to hydrolysis) is 1. The normalized spacial score (nSPS) is 12.0. The van der Waals surface area contributed by atoms with Crippen LogP contribution in [0, 0.1) is 0 Å². The first-order valence-corrected chi connectivity index (χ1v) is 8.15. The summed E-state index contributed by atoms with van der Waals surface area (Å²) in [4.78, 5) is 16.9. The van der Waals surface area contributed by atoms with E-state index in [0.29, 0.717) is 12.4 Å². The van der Waals surface area contributed by atoms with Crippen molar-refractivity contribution in [3.8, 4) is 0 Å². The van der Waals surface area contributed by atoms with E-state index in [0.717, 1.165) is 16.1 Å². The molecule has 3 N–H and O–H groups in total. The van der Waals surface area contributed by atoms with Gasteiger partial charge in [-0.3, -0.25) is 0 Å². The van der Waals surface area contributed by atoms with E-state index in [1.54, 1.807) is 11.3 Å². The number of amides is 1. The van der Waals surface area contributed by atoms with Gasteiger partial charge in [0.25, 0.3) is 0 Å². The van der Waals surface area contributed by atoms with E-state index in [1.165, 1.54) is 0 Å². The summed E-state index contributed by atoms with van der Waals surface area (Å²) in [6.07, 6.45) is -0.429. The highest BCUT2D eigenvalue weighted by Gasteiger charge is 2.15. The van der Waals surface area contributed by atoms with Gasteiger partial charge in [0.2, 0.25) is 0 Å². The number of aliphatic imine (C=N–C) groups is 1. The number of ether oxygens (including phenoxy) is 1. The van der Waals surface area contributed by atoms with Crippen molar-refractivity contribution in [1.82, 2.24) is 5.32 Å². The lowest BCUT2D eigenvalue weighted by molar-refractivity contribution is 0.0523. The van der Waals surface area contributed by atoms with Crippen LogP contribution in [0.25, 0.3) is 0 Å². The van der Waals surface area contributed by atoms with E-state index in [4.69, 9.17) is 10.5 Å². The third kappa shape index (κ3) is 5.75. The summed E-state index contributed by atoms with van der Waals surface area (Å²) < 4.78 is 5.19. The van der Waals surface area contributed by atoms with Gasteiger partial charge in [0.05, 0.1) is 10.6 Å². The molecular weight excluding hydrogens is 310 g/mol. The van der Waals surface area contributed by atoms with Crippen LogP contribution in [0.1, 0.15) is 31.2 Å². The summed E-state index contributed by atoms with van der Waals surface area (Å²) in [5, 5.41) is 4.68. The highest BCUT2D eigenvalue weighted by Crippen LogP contribution is 2.16. The number of thiophene rings is 1. The van der Waals surface area contributed by atoms with Gasteiger partial charge >= 0.3 is 6.09 Å². The standard InChI is InChI=1S/C17H21N3O2S/c1-17(2,3)22-16(21)19-11-12-6-8-13(9-7-12)20-15(18)14-5-4-10-23-14/h4-10H,11H2,1-3H3,(H2,18,20)(H,19,21). The zero-order chi connectivity index (χ0) is 16.9. The largest absolute Gasteiger partial charge is 0.444 e. The van der Waals surface area contributed by atoms with Gasteiger partial charge in [0, 0.05) is 6.54 Å². The maximum atomic E-state index is 11.6. The van der Waals surface area contributed by atoms with Crippen LogP contribution in [0.5, 0.6) is 0 Å². The highest BCUT2D eigenvalue weighted by molar-refractivity contribution is 7.12. The van der Waals surface area contributed by atoms with E-state index in [1.807, 2.05) is 62.5 Å². The Bertz CT molecular complexity index is 671. The maximum Gasteiger partial charge on any atom is 0.407 e. The fourth-order valence-corrected chi connectivity index (χ4v) is 2.42. The van der Waals surface area contributed by atoms with Crippen LogP contribution >= 0.6 is 11.3 Å². The maximum absolute atomic E-state index is 11.6. The molecule has 1 aromatic heterocycles. The van der Waals surface area contributed by atoms with Crippen LogP contribution in [0.2, 0.25) is 0 Å². The number of amidine groups is 1. The first-order valence-electron chi connectivity index (χ1n) is 7.27. The van der Waals surface area contributed by atoms with Crippen LogP contribution < -0.4 is 11.1 Å². The van der Waals surface area contributed by atoms with Crippen molar-refractivity contribution >= 4 is 29.0 Å². The van der Waals surface area contributed by atoms with E-state index >= 15 is 0 Å². The monoisotopic (exact) mass is 331 g/mol. The average Bonchev–Trinajstić information content (AvgIpc) is 2.99. The molecule has 0 saturated carbocycles. The molecule has 0 aliphatic rings. The molecule has 1 heterocycles. The van der Waals surface area contributed by atoms with Crippen molar-refractivity contribution < 1.29 is 9.53 Å². The van der Waals surface area contributed by atoms with Crippen LogP contribution in [0.4, 0.5) is 10.5 Å². The molecule has 0 radical (unpaired) electrons. The minimum absolute atomic E-state index is 0.402. The molecule has 122 valence electrons. The molecule has 0 atom stereocenters. The molecule has 0 aliphatic carbocycles. The number of hydrogen-bond acceptors (Lipinski definition) is 4. The molecule has 0 saturated heterocycles. The van der Waals surface area contributed by atoms with Crippen molar-refractivity contribution in [3.05, 3.63) is 52.2 Å². The molecule has 2 aromatic rings. The Labute approximate surface area is 140 Å². The summed E-state index contributed by atoms with van der Waals surface area (Å²) in [7, 11) is 0. The third-order valence-electron chi connectivity index (χ3n) is 2.80. The molecular formula is C17H21N3O2S. The summed E-state index contributed by atoms with van der Waals surface area (Å²) in [5.74, 6) is 0.500. The van der Waals surface area contributed by atoms with E-state index in [-0.39, 0.29) is 0 Å². The van der Waals surface area contributed by atoms with Gasteiger partial charge in [0.1, 0.15) is 11.4 Å². The fourth-order valence-electron chi connectivity index (χ4n) is 1.80. The molecule has 23 heavy (non-hydrogen) atoms. The lowest BCUT2D eigenvalue weighted by Crippen LogP contribution is -2.32. The Hall–Kier alpha value is -2.34. The number of nitrogens with two attached hydrogens (primary N) is 1. The Kier molecular flexibility index (Phi) is 5.39. The Morgan fingerprint density at radius 1 is 1.26 bits per heavy atom. The van der Waals surface area contributed by atoms with Gasteiger partial charge in [0.15, 0.2) is 0 Å². The minimum atomic E-state index is -0.498. The average molecular weight is 331 g/mol. The fraction of sp³-hybridized carbons (Fsp3) is 0.294. The predicted molar refractivity (Wildman–Crippen MR) is 94.2 cm³/mol. The first-order chi connectivity index (χ1) is 10.8. The number of carbonyl (C=O) groups is 1. The Morgan fingerprint density at radius 2 is 1.96 bits per heavy atom. The van der Waals surface area contributed by atoms with Crippen LogP contribution in [-0.4, -0.2) is 17.5 Å². The topological polar surface area (TPSA) is 76.7 Å². The zero-order valence-electron chi connectivity index (χ0n) is 13.5. The number of hydrogen-bond donors (Lipinski definition) is 2. The van der Waals surface area contributed by atoms with E-state index in [2.05, 4.69) is 10.3 Å². The zero-order valence-corrected chi connectivity index (χ0v) is 14.3. The lowest BCUT2D eigenvalue weighted by atomic mass is 10.2. The van der Waals surface area contributed by atoms with Gasteiger partial charge in [-0.15, -0.1) is 11.3 Å². The summed E-state index contributed by atoms with van der Waals surface area (Å²) >= 11 is 1.55. The molecule has 2 rings (SSSR count). The molecule has 0 aliphatic heterocycles. The van der Waals surface area contributed by atoms with Crippen molar-refractivity contribution in [2.24, 2.45) is 10.7 Å². The lowest BCUT2D eigenvalue weighted by Gasteiger charge is -2.19. The number of carbonyl (C=O) groups excluding carboxylic acids is 1. The van der Waals surface area contributed by atoms with Gasteiger partial charge in [-0.2, -0.15) is 0 Å². The number of benzene rings is 1. The van der Waals surface area contributed by atoms with Crippen LogP contribution in [0.3, 0.4) is 0 Å². The molecule has 1 amide bonds. The van der Waals surface area contributed by atoms with Crippen molar-refractivity contribution in [2.75, 3.05) is 0 Å². The molecule has 1 aromatic carbocycles. The minimum Gasteiger partial charge on any atom is -0.444 e. The van der Waals surface area contributed by atoms with E-state index < -0.39 is 11.7 Å². The Morgan fingerprint density at radius 3 is 2.52 bits per heavy atom. The number of nitrogens with one attached hydrogen (secondary N) is 1. The highest BCUT2D eigenvalue weighted by atomic mass is 32.1. The quantitative estimate of drug-likeness (QED) is 0.660. The third-order valence-corrected chi connectivity index (χ3v) is 3.69. The number of nitrogens with zero attached hydrogens (tertiary/aromatic N) is 1. The smallest absolute Gasteiger partial charge is 0.407 e. The molecule has 6 heteroatoms. The summed E-state index contributed by atoms with van der Waals surface area (Å²) in [5.41, 5.74) is 7.19. The van der Waals surface area contributed by atoms with Gasteiger partial charge < -0.3 is 15.8 Å².